The molecular formula is C14H22BrNO2S. The minimum absolute atomic E-state index is 0.165. The van der Waals surface area contributed by atoms with Crippen molar-refractivity contribution in [1.29, 1.82) is 0 Å². The van der Waals surface area contributed by atoms with Gasteiger partial charge < -0.3 is 0 Å². The molecule has 0 aliphatic carbocycles. The summed E-state index contributed by atoms with van der Waals surface area (Å²) in [6.07, 6.45) is 4.86. The lowest BCUT2D eigenvalue weighted by Gasteiger charge is -2.06. The van der Waals surface area contributed by atoms with E-state index >= 15 is 0 Å². The van der Waals surface area contributed by atoms with Crippen molar-refractivity contribution in [2.24, 2.45) is 0 Å². The molecule has 19 heavy (non-hydrogen) atoms. The lowest BCUT2D eigenvalue weighted by atomic mass is 10.2. The van der Waals surface area contributed by atoms with Gasteiger partial charge in [-0.15, -0.1) is 0 Å². The van der Waals surface area contributed by atoms with Crippen LogP contribution in [0.15, 0.2) is 30.3 Å². The van der Waals surface area contributed by atoms with Crippen molar-refractivity contribution in [3.05, 3.63) is 35.9 Å². The third kappa shape index (κ3) is 8.39. The first-order chi connectivity index (χ1) is 9.14. The van der Waals surface area contributed by atoms with E-state index in [9.17, 15) is 8.42 Å². The van der Waals surface area contributed by atoms with E-state index in [2.05, 4.69) is 20.7 Å². The van der Waals surface area contributed by atoms with Gasteiger partial charge in [0.2, 0.25) is 10.0 Å². The molecule has 0 saturated carbocycles. The summed E-state index contributed by atoms with van der Waals surface area (Å²) in [6.45, 7) is 0.555. The molecule has 5 heteroatoms. The van der Waals surface area contributed by atoms with Crippen LogP contribution in [0, 0.1) is 0 Å². The molecule has 0 atom stereocenters. The van der Waals surface area contributed by atoms with Crippen LogP contribution in [0.3, 0.4) is 0 Å². The van der Waals surface area contributed by atoms with Crippen LogP contribution in [-0.4, -0.2) is 26.0 Å². The Labute approximate surface area is 125 Å². The van der Waals surface area contributed by atoms with Gasteiger partial charge in [-0.2, -0.15) is 0 Å². The van der Waals surface area contributed by atoms with Crippen LogP contribution in [0.5, 0.6) is 0 Å². The monoisotopic (exact) mass is 347 g/mol. The Hall–Kier alpha value is -0.390. The Kier molecular flexibility index (Phi) is 8.34. The quantitative estimate of drug-likeness (QED) is 0.522. The first-order valence-electron chi connectivity index (χ1n) is 6.71. The molecule has 0 saturated heterocycles. The number of hydrogen-bond acceptors (Lipinski definition) is 2. The van der Waals surface area contributed by atoms with Crippen molar-refractivity contribution in [3.63, 3.8) is 0 Å². The van der Waals surface area contributed by atoms with Gasteiger partial charge in [0.05, 0.1) is 5.75 Å². The fraction of sp³-hybridized carbons (Fsp3) is 0.571. The van der Waals surface area contributed by atoms with Crippen molar-refractivity contribution >= 4 is 26.0 Å². The number of nitrogens with one attached hydrogen (secondary N) is 1. The van der Waals surface area contributed by atoms with Gasteiger partial charge in [-0.25, -0.2) is 13.1 Å². The number of benzene rings is 1. The lowest BCUT2D eigenvalue weighted by molar-refractivity contribution is 0.573. The molecule has 0 bridgehead atoms. The zero-order chi connectivity index (χ0) is 14.0. The predicted molar refractivity (Wildman–Crippen MR) is 84.2 cm³/mol. The Balaban J connectivity index is 2.17. The normalized spacial score (nSPS) is 11.6. The highest BCUT2D eigenvalue weighted by Crippen LogP contribution is 2.03. The molecule has 0 aliphatic rings. The van der Waals surface area contributed by atoms with Gasteiger partial charge in [-0.3, -0.25) is 0 Å². The fourth-order valence-corrected chi connectivity index (χ4v) is 3.27. The van der Waals surface area contributed by atoms with E-state index in [-0.39, 0.29) is 5.75 Å². The first-order valence-corrected chi connectivity index (χ1v) is 9.48. The number of aryl methyl sites for hydroxylation is 1. The first kappa shape index (κ1) is 16.7. The van der Waals surface area contributed by atoms with Gasteiger partial charge >= 0.3 is 0 Å². The van der Waals surface area contributed by atoms with E-state index in [0.717, 1.165) is 36.6 Å². The van der Waals surface area contributed by atoms with Crippen LogP contribution in [0.25, 0.3) is 0 Å². The highest BCUT2D eigenvalue weighted by Gasteiger charge is 2.09. The van der Waals surface area contributed by atoms with E-state index < -0.39 is 10.0 Å². The predicted octanol–water partition coefficient (Wildman–Crippen LogP) is 3.10. The molecule has 0 radical (unpaired) electrons. The van der Waals surface area contributed by atoms with E-state index in [4.69, 9.17) is 0 Å². The minimum Gasteiger partial charge on any atom is -0.215 e. The second-order valence-electron chi connectivity index (χ2n) is 4.55. The smallest absolute Gasteiger partial charge is 0.211 e. The van der Waals surface area contributed by atoms with Gasteiger partial charge in [-0.05, 0) is 24.8 Å². The molecule has 0 unspecified atom stereocenters. The molecule has 1 aromatic carbocycles. The zero-order valence-electron chi connectivity index (χ0n) is 11.1. The summed E-state index contributed by atoms with van der Waals surface area (Å²) in [6, 6.07) is 9.70. The molecule has 1 rings (SSSR count). The zero-order valence-corrected chi connectivity index (χ0v) is 13.5. The highest BCUT2D eigenvalue weighted by molar-refractivity contribution is 9.09. The molecule has 108 valence electrons. The van der Waals surface area contributed by atoms with Crippen LogP contribution >= 0.6 is 15.9 Å². The summed E-state index contributed by atoms with van der Waals surface area (Å²) in [5.41, 5.74) is 1.06. The lowest BCUT2D eigenvalue weighted by Crippen LogP contribution is -2.28. The standard InChI is InChI=1S/C14H22BrNO2S/c15-11-6-1-2-7-12-16-19(17,18)13-10-14-8-4-3-5-9-14/h3-5,8-9,16H,1-2,6-7,10-13H2. The highest BCUT2D eigenvalue weighted by atomic mass is 79.9. The van der Waals surface area contributed by atoms with Crippen LogP contribution in [0.2, 0.25) is 0 Å². The maximum absolute atomic E-state index is 11.8. The van der Waals surface area contributed by atoms with Crippen LogP contribution in [0.4, 0.5) is 0 Å². The molecule has 3 nitrogen and oxygen atoms in total. The number of alkyl halides is 1. The third-order valence-electron chi connectivity index (χ3n) is 2.88. The summed E-state index contributed by atoms with van der Waals surface area (Å²) in [5, 5.41) is 1.02. The Bertz CT molecular complexity index is 434. The van der Waals surface area contributed by atoms with Crippen LogP contribution < -0.4 is 4.72 Å². The summed E-state index contributed by atoms with van der Waals surface area (Å²) in [5.74, 6) is 0.165. The summed E-state index contributed by atoms with van der Waals surface area (Å²) in [7, 11) is -3.13. The van der Waals surface area contributed by atoms with E-state index in [0.29, 0.717) is 13.0 Å². The molecule has 0 heterocycles. The third-order valence-corrected chi connectivity index (χ3v) is 4.83. The Morgan fingerprint density at radius 1 is 1.00 bits per heavy atom. The van der Waals surface area contributed by atoms with Gasteiger partial charge in [0.25, 0.3) is 0 Å². The minimum atomic E-state index is -3.13. The van der Waals surface area contributed by atoms with E-state index in [1.54, 1.807) is 0 Å². The molecule has 0 aromatic heterocycles. The molecule has 1 aromatic rings. The summed E-state index contributed by atoms with van der Waals surface area (Å²) < 4.78 is 26.2. The molecule has 0 aliphatic heterocycles. The van der Waals surface area contributed by atoms with E-state index in [1.165, 1.54) is 0 Å². The van der Waals surface area contributed by atoms with Gasteiger partial charge in [0.15, 0.2) is 0 Å². The second kappa shape index (κ2) is 9.50. The summed E-state index contributed by atoms with van der Waals surface area (Å²) in [4.78, 5) is 0. The molecule has 0 spiro atoms. The van der Waals surface area contributed by atoms with Crippen molar-refractivity contribution < 1.29 is 8.42 Å². The number of unbranched alkanes of at least 4 members (excludes halogenated alkanes) is 3. The van der Waals surface area contributed by atoms with Crippen LogP contribution in [0.1, 0.15) is 31.2 Å². The van der Waals surface area contributed by atoms with Crippen molar-refractivity contribution in [3.8, 4) is 0 Å². The van der Waals surface area contributed by atoms with Crippen molar-refractivity contribution in [2.75, 3.05) is 17.6 Å². The number of rotatable bonds is 10. The average molecular weight is 348 g/mol. The number of hydrogen-bond donors (Lipinski definition) is 1. The number of halogens is 1. The molecule has 0 amide bonds. The Morgan fingerprint density at radius 2 is 1.68 bits per heavy atom. The topological polar surface area (TPSA) is 46.2 Å². The average Bonchev–Trinajstić information content (AvgIpc) is 2.42. The fourth-order valence-electron chi connectivity index (χ4n) is 1.77. The van der Waals surface area contributed by atoms with Gasteiger partial charge in [-0.1, -0.05) is 59.1 Å². The maximum atomic E-state index is 11.8. The van der Waals surface area contributed by atoms with Crippen molar-refractivity contribution in [1.82, 2.24) is 4.72 Å². The Morgan fingerprint density at radius 3 is 2.37 bits per heavy atom. The summed E-state index contributed by atoms with van der Waals surface area (Å²) >= 11 is 3.38. The second-order valence-corrected chi connectivity index (χ2v) is 7.27. The molecule has 0 fully saturated rings. The maximum Gasteiger partial charge on any atom is 0.211 e. The van der Waals surface area contributed by atoms with Gasteiger partial charge in [0.1, 0.15) is 0 Å². The SMILES string of the molecule is O=S(=O)(CCc1ccccc1)NCCCCCCBr. The van der Waals surface area contributed by atoms with Gasteiger partial charge in [0, 0.05) is 11.9 Å². The van der Waals surface area contributed by atoms with E-state index in [1.807, 2.05) is 30.3 Å². The largest absolute Gasteiger partial charge is 0.215 e. The van der Waals surface area contributed by atoms with Crippen LogP contribution in [-0.2, 0) is 16.4 Å². The number of sulfonamides is 1. The van der Waals surface area contributed by atoms with Crippen molar-refractivity contribution in [2.45, 2.75) is 32.1 Å². The molecule has 1 N–H and O–H groups in total. The molecular weight excluding hydrogens is 326 g/mol.